The number of carbonyl (C=O) groups is 2. The molecule has 1 aromatic carbocycles. The van der Waals surface area contributed by atoms with Gasteiger partial charge in [0.2, 0.25) is 11.8 Å². The van der Waals surface area contributed by atoms with Crippen molar-refractivity contribution in [2.75, 3.05) is 6.54 Å². The Hall–Kier alpha value is -2.21. The maximum absolute atomic E-state index is 11.8. The first kappa shape index (κ1) is 15.2. The number of thiazole rings is 1. The van der Waals surface area contributed by atoms with Crippen molar-refractivity contribution in [3.8, 4) is 0 Å². The second-order valence-electron chi connectivity index (χ2n) is 4.64. The van der Waals surface area contributed by atoms with Gasteiger partial charge >= 0.3 is 0 Å². The first-order valence-electron chi connectivity index (χ1n) is 6.60. The molecule has 0 spiro atoms. The van der Waals surface area contributed by atoms with Crippen molar-refractivity contribution in [3.05, 3.63) is 52.0 Å². The average Bonchev–Trinajstić information content (AvgIpc) is 2.99. The summed E-state index contributed by atoms with van der Waals surface area (Å²) in [5, 5.41) is 7.20. The number of nitrogens with one attached hydrogen (secondary N) is 2. The Labute approximate surface area is 127 Å². The number of hydrogen-bond acceptors (Lipinski definition) is 4. The van der Waals surface area contributed by atoms with E-state index in [1.54, 1.807) is 5.51 Å². The van der Waals surface area contributed by atoms with Crippen LogP contribution in [0, 0.1) is 6.92 Å². The van der Waals surface area contributed by atoms with Crippen molar-refractivity contribution in [2.45, 2.75) is 19.9 Å². The molecule has 0 bridgehead atoms. The van der Waals surface area contributed by atoms with Gasteiger partial charge in [-0.3, -0.25) is 9.59 Å². The number of rotatable bonds is 6. The minimum atomic E-state index is -0.221. The van der Waals surface area contributed by atoms with Gasteiger partial charge in [-0.2, -0.15) is 0 Å². The standard InChI is InChI=1S/C15H17N3O2S/c1-11-4-2-3-5-12(11)6-14(19)17-8-15(20)16-7-13-9-21-10-18-13/h2-5,9-10H,6-8H2,1H3,(H,16,20)(H,17,19). The normalized spacial score (nSPS) is 10.1. The van der Waals surface area contributed by atoms with E-state index in [2.05, 4.69) is 15.6 Å². The van der Waals surface area contributed by atoms with E-state index >= 15 is 0 Å². The molecule has 110 valence electrons. The van der Waals surface area contributed by atoms with Gasteiger partial charge in [0.1, 0.15) is 0 Å². The Morgan fingerprint density at radius 3 is 2.71 bits per heavy atom. The van der Waals surface area contributed by atoms with Crippen molar-refractivity contribution in [3.63, 3.8) is 0 Å². The molecular weight excluding hydrogens is 286 g/mol. The lowest BCUT2D eigenvalue weighted by molar-refractivity contribution is -0.125. The topological polar surface area (TPSA) is 71.1 Å². The van der Waals surface area contributed by atoms with Gasteiger partial charge in [-0.1, -0.05) is 24.3 Å². The maximum atomic E-state index is 11.8. The number of aryl methyl sites for hydroxylation is 1. The lowest BCUT2D eigenvalue weighted by Gasteiger charge is -2.07. The molecular formula is C15H17N3O2S. The molecule has 0 unspecified atom stereocenters. The van der Waals surface area contributed by atoms with Gasteiger partial charge in [-0.05, 0) is 18.1 Å². The molecule has 0 aliphatic heterocycles. The highest BCUT2D eigenvalue weighted by Gasteiger charge is 2.08. The highest BCUT2D eigenvalue weighted by atomic mass is 32.1. The number of amides is 2. The number of carbonyl (C=O) groups excluding carboxylic acids is 2. The third-order valence-corrected chi connectivity index (χ3v) is 3.64. The molecule has 0 radical (unpaired) electrons. The number of nitrogens with zero attached hydrogens (tertiary/aromatic N) is 1. The van der Waals surface area contributed by atoms with Crippen LogP contribution >= 0.6 is 11.3 Å². The molecule has 2 N–H and O–H groups in total. The highest BCUT2D eigenvalue weighted by molar-refractivity contribution is 7.07. The zero-order chi connectivity index (χ0) is 15.1. The number of benzene rings is 1. The summed E-state index contributed by atoms with van der Waals surface area (Å²) in [4.78, 5) is 27.5. The lowest BCUT2D eigenvalue weighted by Crippen LogP contribution is -2.37. The highest BCUT2D eigenvalue weighted by Crippen LogP contribution is 2.07. The fourth-order valence-corrected chi connectivity index (χ4v) is 2.36. The SMILES string of the molecule is Cc1ccccc1CC(=O)NCC(=O)NCc1cscn1. The van der Waals surface area contributed by atoms with Crippen molar-refractivity contribution in [1.82, 2.24) is 15.6 Å². The molecule has 5 nitrogen and oxygen atoms in total. The molecule has 2 aromatic rings. The first-order valence-corrected chi connectivity index (χ1v) is 7.54. The van der Waals surface area contributed by atoms with Crippen LogP contribution < -0.4 is 10.6 Å². The van der Waals surface area contributed by atoms with Crippen LogP contribution in [0.25, 0.3) is 0 Å². The van der Waals surface area contributed by atoms with E-state index in [-0.39, 0.29) is 24.8 Å². The van der Waals surface area contributed by atoms with Crippen molar-refractivity contribution >= 4 is 23.2 Å². The third-order valence-electron chi connectivity index (χ3n) is 3.01. The molecule has 0 fully saturated rings. The van der Waals surface area contributed by atoms with Crippen molar-refractivity contribution in [2.24, 2.45) is 0 Å². The van der Waals surface area contributed by atoms with Gasteiger partial charge in [0, 0.05) is 5.38 Å². The van der Waals surface area contributed by atoms with Crippen LogP contribution in [0.2, 0.25) is 0 Å². The van der Waals surface area contributed by atoms with Gasteiger partial charge in [0.15, 0.2) is 0 Å². The Kier molecular flexibility index (Phi) is 5.45. The summed E-state index contributed by atoms with van der Waals surface area (Å²) in [6.07, 6.45) is 0.284. The molecule has 0 saturated heterocycles. The molecule has 1 heterocycles. The lowest BCUT2D eigenvalue weighted by atomic mass is 10.1. The van der Waals surface area contributed by atoms with Crippen LogP contribution in [-0.4, -0.2) is 23.3 Å². The smallest absolute Gasteiger partial charge is 0.239 e. The fourth-order valence-electron chi connectivity index (χ4n) is 1.80. The summed E-state index contributed by atoms with van der Waals surface area (Å²) < 4.78 is 0. The Balaban J connectivity index is 1.71. The predicted molar refractivity (Wildman–Crippen MR) is 81.9 cm³/mol. The summed E-state index contributed by atoms with van der Waals surface area (Å²) in [7, 11) is 0. The molecule has 0 aliphatic carbocycles. The minimum Gasteiger partial charge on any atom is -0.349 e. The van der Waals surface area contributed by atoms with E-state index < -0.39 is 0 Å². The van der Waals surface area contributed by atoms with Crippen LogP contribution in [0.4, 0.5) is 0 Å². The Bertz CT molecular complexity index is 611. The van der Waals surface area contributed by atoms with Crippen LogP contribution in [0.15, 0.2) is 35.2 Å². The second-order valence-corrected chi connectivity index (χ2v) is 5.36. The van der Waals surface area contributed by atoms with Crippen LogP contribution in [0.5, 0.6) is 0 Å². The van der Waals surface area contributed by atoms with Gasteiger partial charge in [-0.15, -0.1) is 11.3 Å². The van der Waals surface area contributed by atoms with E-state index in [4.69, 9.17) is 0 Å². The van der Waals surface area contributed by atoms with E-state index in [1.165, 1.54) is 11.3 Å². The third kappa shape index (κ3) is 5.00. The zero-order valence-corrected chi connectivity index (χ0v) is 12.6. The maximum Gasteiger partial charge on any atom is 0.239 e. The van der Waals surface area contributed by atoms with E-state index in [0.717, 1.165) is 16.8 Å². The molecule has 0 saturated carbocycles. The molecule has 0 aliphatic rings. The number of aromatic nitrogens is 1. The summed E-state index contributed by atoms with van der Waals surface area (Å²) in [5.41, 5.74) is 4.57. The number of hydrogen-bond donors (Lipinski definition) is 2. The molecule has 21 heavy (non-hydrogen) atoms. The van der Waals surface area contributed by atoms with Gasteiger partial charge in [-0.25, -0.2) is 4.98 Å². The molecule has 2 amide bonds. The summed E-state index contributed by atoms with van der Waals surface area (Å²) in [6, 6.07) is 7.71. The molecule has 6 heteroatoms. The van der Waals surface area contributed by atoms with Crippen LogP contribution in [-0.2, 0) is 22.6 Å². The van der Waals surface area contributed by atoms with E-state index in [0.29, 0.717) is 6.54 Å². The fraction of sp³-hybridized carbons (Fsp3) is 0.267. The Morgan fingerprint density at radius 2 is 2.00 bits per heavy atom. The molecule has 0 atom stereocenters. The molecule has 2 rings (SSSR count). The molecule has 1 aromatic heterocycles. The Morgan fingerprint density at radius 1 is 1.19 bits per heavy atom. The summed E-state index contributed by atoms with van der Waals surface area (Å²) >= 11 is 1.48. The minimum absolute atomic E-state index is 0.0190. The predicted octanol–water partition coefficient (Wildman–Crippen LogP) is 1.43. The van der Waals surface area contributed by atoms with Crippen LogP contribution in [0.3, 0.4) is 0 Å². The van der Waals surface area contributed by atoms with Crippen molar-refractivity contribution in [1.29, 1.82) is 0 Å². The first-order chi connectivity index (χ1) is 10.1. The monoisotopic (exact) mass is 303 g/mol. The average molecular weight is 303 g/mol. The van der Waals surface area contributed by atoms with E-state index in [9.17, 15) is 9.59 Å². The second kappa shape index (κ2) is 7.54. The van der Waals surface area contributed by atoms with Gasteiger partial charge in [0.25, 0.3) is 0 Å². The van der Waals surface area contributed by atoms with E-state index in [1.807, 2.05) is 36.6 Å². The summed E-state index contributed by atoms with van der Waals surface area (Å²) in [5.74, 6) is -0.380. The van der Waals surface area contributed by atoms with Gasteiger partial charge < -0.3 is 10.6 Å². The summed E-state index contributed by atoms with van der Waals surface area (Å²) in [6.45, 7) is 2.33. The van der Waals surface area contributed by atoms with Crippen molar-refractivity contribution < 1.29 is 9.59 Å². The van der Waals surface area contributed by atoms with Gasteiger partial charge in [0.05, 0.1) is 30.7 Å². The van der Waals surface area contributed by atoms with Crippen LogP contribution in [0.1, 0.15) is 16.8 Å². The largest absolute Gasteiger partial charge is 0.349 e. The zero-order valence-electron chi connectivity index (χ0n) is 11.8. The quantitative estimate of drug-likeness (QED) is 0.848.